The molecule has 0 spiro atoms. The summed E-state index contributed by atoms with van der Waals surface area (Å²) in [6.07, 6.45) is -11.6. The fraction of sp³-hybridized carbons (Fsp3) is 0.462. The summed E-state index contributed by atoms with van der Waals surface area (Å²) in [5.41, 5.74) is 0.567. The molecular formula is C13H13F5N2O2. The molecule has 2 amide bonds. The number of halogens is 5. The van der Waals surface area contributed by atoms with Crippen LogP contribution in [0.15, 0.2) is 24.3 Å². The van der Waals surface area contributed by atoms with E-state index in [1.54, 1.807) is 0 Å². The number of rotatable bonds is 5. The van der Waals surface area contributed by atoms with Gasteiger partial charge in [0.2, 0.25) is 6.17 Å². The van der Waals surface area contributed by atoms with Crippen molar-refractivity contribution < 1.29 is 31.5 Å². The molecule has 0 bridgehead atoms. The maximum Gasteiger partial charge on any atom is 0.422 e. The number of carbonyl (C=O) groups is 1. The summed E-state index contributed by atoms with van der Waals surface area (Å²) < 4.78 is 66.5. The summed E-state index contributed by atoms with van der Waals surface area (Å²) in [5, 5.41) is 2.61. The first kappa shape index (κ1) is 16.3. The number of urea groups is 1. The van der Waals surface area contributed by atoms with Crippen molar-refractivity contribution in [2.24, 2.45) is 0 Å². The number of carbonyl (C=O) groups excluding carboxylic acids is 1. The molecule has 1 N–H and O–H groups in total. The molecule has 2 rings (SSSR count). The molecule has 0 aromatic heterocycles. The maximum atomic E-state index is 13.1. The number of alkyl halides is 5. The van der Waals surface area contributed by atoms with Crippen molar-refractivity contribution in [1.29, 1.82) is 0 Å². The van der Waals surface area contributed by atoms with E-state index in [0.717, 1.165) is 0 Å². The standard InChI is InChI=1S/C13H13F5N2O2/c14-10(11(15)13(16,17)18)7-22-9-3-1-8(2-4-9)20-6-5-19-12(20)21/h1-4,10-11H,5-7H2,(H,19,21). The second-order valence-electron chi connectivity index (χ2n) is 4.65. The largest absolute Gasteiger partial charge is 0.490 e. The molecule has 22 heavy (non-hydrogen) atoms. The van der Waals surface area contributed by atoms with E-state index >= 15 is 0 Å². The molecular weight excluding hydrogens is 311 g/mol. The van der Waals surface area contributed by atoms with Gasteiger partial charge in [-0.1, -0.05) is 0 Å². The lowest BCUT2D eigenvalue weighted by Gasteiger charge is -2.18. The van der Waals surface area contributed by atoms with E-state index in [1.807, 2.05) is 0 Å². The van der Waals surface area contributed by atoms with E-state index in [4.69, 9.17) is 4.74 Å². The quantitative estimate of drug-likeness (QED) is 0.846. The molecule has 1 saturated heterocycles. The van der Waals surface area contributed by atoms with E-state index in [1.165, 1.54) is 29.2 Å². The number of anilines is 1. The molecule has 0 saturated carbocycles. The predicted molar refractivity (Wildman–Crippen MR) is 68.5 cm³/mol. The Morgan fingerprint density at radius 2 is 1.86 bits per heavy atom. The molecule has 1 aliphatic rings. The predicted octanol–water partition coefficient (Wildman–Crippen LogP) is 2.83. The van der Waals surface area contributed by atoms with Gasteiger partial charge in [0.15, 0.2) is 6.17 Å². The number of nitrogens with zero attached hydrogens (tertiary/aromatic N) is 1. The Labute approximate surface area is 122 Å². The highest BCUT2D eigenvalue weighted by Crippen LogP contribution is 2.27. The minimum atomic E-state index is -5.25. The molecule has 2 atom stereocenters. The fourth-order valence-corrected chi connectivity index (χ4v) is 1.91. The van der Waals surface area contributed by atoms with Gasteiger partial charge in [0.1, 0.15) is 12.4 Å². The van der Waals surface area contributed by atoms with Gasteiger partial charge in [0.25, 0.3) is 0 Å². The normalized spacial score (nSPS) is 18.0. The lowest BCUT2D eigenvalue weighted by molar-refractivity contribution is -0.198. The van der Waals surface area contributed by atoms with Gasteiger partial charge < -0.3 is 10.1 Å². The van der Waals surface area contributed by atoms with Crippen molar-refractivity contribution in [3.63, 3.8) is 0 Å². The van der Waals surface area contributed by atoms with Gasteiger partial charge in [0, 0.05) is 18.8 Å². The van der Waals surface area contributed by atoms with E-state index in [9.17, 15) is 26.7 Å². The zero-order valence-electron chi connectivity index (χ0n) is 11.2. The Morgan fingerprint density at radius 1 is 1.23 bits per heavy atom. The van der Waals surface area contributed by atoms with Gasteiger partial charge in [-0.25, -0.2) is 13.6 Å². The third kappa shape index (κ3) is 3.77. The van der Waals surface area contributed by atoms with Crippen molar-refractivity contribution in [1.82, 2.24) is 5.32 Å². The highest BCUT2D eigenvalue weighted by molar-refractivity contribution is 5.94. The number of hydrogen-bond acceptors (Lipinski definition) is 2. The minimum Gasteiger partial charge on any atom is -0.490 e. The Balaban J connectivity index is 1.90. The Hall–Kier alpha value is -2.06. The van der Waals surface area contributed by atoms with Crippen molar-refractivity contribution >= 4 is 11.7 Å². The Kier molecular flexibility index (Phi) is 4.72. The second kappa shape index (κ2) is 6.37. The van der Waals surface area contributed by atoms with Crippen LogP contribution in [-0.4, -0.2) is 44.2 Å². The van der Waals surface area contributed by atoms with E-state index in [2.05, 4.69) is 5.32 Å². The van der Waals surface area contributed by atoms with Crippen LogP contribution in [0.1, 0.15) is 0 Å². The van der Waals surface area contributed by atoms with Gasteiger partial charge >= 0.3 is 12.2 Å². The smallest absolute Gasteiger partial charge is 0.422 e. The highest BCUT2D eigenvalue weighted by Gasteiger charge is 2.46. The Morgan fingerprint density at radius 3 is 2.36 bits per heavy atom. The van der Waals surface area contributed by atoms with Gasteiger partial charge in [-0.05, 0) is 24.3 Å². The molecule has 9 heteroatoms. The summed E-state index contributed by atoms with van der Waals surface area (Å²) in [7, 11) is 0. The molecule has 1 fully saturated rings. The number of hydrogen-bond donors (Lipinski definition) is 1. The summed E-state index contributed by atoms with van der Waals surface area (Å²) in [6.45, 7) is -0.0547. The zero-order chi connectivity index (χ0) is 16.3. The summed E-state index contributed by atoms with van der Waals surface area (Å²) in [5.74, 6) is 0.0837. The van der Waals surface area contributed by atoms with Crippen LogP contribution in [0.4, 0.5) is 32.4 Å². The highest BCUT2D eigenvalue weighted by atomic mass is 19.4. The molecule has 4 nitrogen and oxygen atoms in total. The van der Waals surface area contributed by atoms with Crippen LogP contribution in [0, 0.1) is 0 Å². The molecule has 0 radical (unpaired) electrons. The van der Waals surface area contributed by atoms with Crippen LogP contribution in [0.2, 0.25) is 0 Å². The first-order valence-corrected chi connectivity index (χ1v) is 6.42. The monoisotopic (exact) mass is 324 g/mol. The SMILES string of the molecule is O=C1NCCN1c1ccc(OCC(F)C(F)C(F)(F)F)cc1. The van der Waals surface area contributed by atoms with Gasteiger partial charge in [-0.3, -0.25) is 4.90 Å². The van der Waals surface area contributed by atoms with Crippen LogP contribution in [0.5, 0.6) is 5.75 Å². The van der Waals surface area contributed by atoms with E-state index < -0.39 is 25.1 Å². The number of nitrogens with one attached hydrogen (secondary N) is 1. The van der Waals surface area contributed by atoms with Gasteiger partial charge in [-0.2, -0.15) is 13.2 Å². The molecule has 0 aliphatic carbocycles. The van der Waals surface area contributed by atoms with Crippen LogP contribution in [0.25, 0.3) is 0 Å². The van der Waals surface area contributed by atoms with Crippen LogP contribution >= 0.6 is 0 Å². The van der Waals surface area contributed by atoms with E-state index in [-0.39, 0.29) is 11.8 Å². The van der Waals surface area contributed by atoms with E-state index in [0.29, 0.717) is 18.8 Å². The lowest BCUT2D eigenvalue weighted by Crippen LogP contribution is -2.37. The third-order valence-corrected chi connectivity index (χ3v) is 3.04. The average Bonchev–Trinajstić information content (AvgIpc) is 2.89. The molecule has 1 aliphatic heterocycles. The van der Waals surface area contributed by atoms with Crippen LogP contribution in [0.3, 0.4) is 0 Å². The van der Waals surface area contributed by atoms with Crippen LogP contribution < -0.4 is 15.0 Å². The second-order valence-corrected chi connectivity index (χ2v) is 4.65. The number of amides is 2. The molecule has 122 valence electrons. The third-order valence-electron chi connectivity index (χ3n) is 3.04. The Bertz CT molecular complexity index is 520. The van der Waals surface area contributed by atoms with Crippen molar-refractivity contribution in [2.45, 2.75) is 18.5 Å². The molecule has 2 unspecified atom stereocenters. The van der Waals surface area contributed by atoms with Crippen molar-refractivity contribution in [2.75, 3.05) is 24.6 Å². The van der Waals surface area contributed by atoms with Crippen molar-refractivity contribution in [3.8, 4) is 5.75 Å². The maximum absolute atomic E-state index is 13.1. The van der Waals surface area contributed by atoms with Crippen molar-refractivity contribution in [3.05, 3.63) is 24.3 Å². The minimum absolute atomic E-state index is 0.0837. The summed E-state index contributed by atoms with van der Waals surface area (Å²) in [6, 6.07) is 5.49. The zero-order valence-corrected chi connectivity index (χ0v) is 11.2. The fourth-order valence-electron chi connectivity index (χ4n) is 1.91. The van der Waals surface area contributed by atoms with Gasteiger partial charge in [-0.15, -0.1) is 0 Å². The van der Waals surface area contributed by atoms with Crippen LogP contribution in [-0.2, 0) is 0 Å². The summed E-state index contributed by atoms with van der Waals surface area (Å²) >= 11 is 0. The molecule has 1 aromatic carbocycles. The summed E-state index contributed by atoms with van der Waals surface area (Å²) in [4.78, 5) is 12.9. The lowest BCUT2D eigenvalue weighted by atomic mass is 10.2. The first-order valence-electron chi connectivity index (χ1n) is 6.42. The number of benzene rings is 1. The topological polar surface area (TPSA) is 41.6 Å². The molecule has 1 aromatic rings. The number of ether oxygens (including phenoxy) is 1. The first-order chi connectivity index (χ1) is 10.3. The van der Waals surface area contributed by atoms with Gasteiger partial charge in [0.05, 0.1) is 0 Å². The molecule has 1 heterocycles. The average molecular weight is 324 g/mol.